The molecule has 18 heteroatoms. The maximum atomic E-state index is 9.88. The van der Waals surface area contributed by atoms with Gasteiger partial charge in [-0.1, -0.05) is 0 Å². The molecule has 0 rings (SSSR count). The van der Waals surface area contributed by atoms with E-state index in [9.17, 15) is 44.1 Å². The Kier molecular flexibility index (Phi) is 38.7. The van der Waals surface area contributed by atoms with E-state index in [1.54, 1.807) is 0 Å². The molecule has 0 heterocycles. The van der Waals surface area contributed by atoms with Crippen LogP contribution in [0.3, 0.4) is 0 Å². The van der Waals surface area contributed by atoms with Gasteiger partial charge >= 0.3 is 107 Å². The van der Waals surface area contributed by atoms with Crippen LogP contribution in [-0.4, -0.2) is 112 Å². The molecule has 3 atom stereocenters. The number of hydrogen-bond acceptors (Lipinski definition) is 12. The van der Waals surface area contributed by atoms with Gasteiger partial charge in [-0.2, -0.15) is 0 Å². The summed E-state index contributed by atoms with van der Waals surface area (Å²) in [6, 6.07) is -3.51. The maximum Gasteiger partial charge on any atom is 2.00 e. The zero-order valence-corrected chi connectivity index (χ0v) is 23.3. The molecule has 0 spiro atoms. The minimum Gasteiger partial charge on any atom is -0.548 e. The number of hydrogen-bond donors (Lipinski definition) is 6. The molecule has 11 N–H and O–H groups in total. The minimum atomic E-state index is -1.42. The van der Waals surface area contributed by atoms with E-state index in [0.29, 0.717) is 0 Å². The molecule has 182 valence electrons. The van der Waals surface area contributed by atoms with Gasteiger partial charge in [0.25, 0.3) is 0 Å². The molecule has 0 saturated carbocycles. The number of rotatable bonds is 12. The van der Waals surface area contributed by atoms with Gasteiger partial charge in [-0.25, -0.2) is 0 Å². The summed E-state index contributed by atoms with van der Waals surface area (Å²) in [4.78, 5) is 59.2. The van der Waals surface area contributed by atoms with Crippen LogP contribution in [0.4, 0.5) is 0 Å². The SMILES string of the molecule is N[C@@H](CCC(=O)O)C(=O)[O-].N[C@@H](CCC(=O)O)C(=O)[O-].N[C@@H](CCC(=O)O)C(=O)[O-].O.[Ca+2].[K+]. The Labute approximate surface area is 260 Å². The Hall–Kier alpha value is -0.444. The standard InChI is InChI=1S/3C5H9NO4.Ca.K.H2O/c3*6-3(5(9)10)1-2-4(7)8;;;/h3*3H,1-2,6H2,(H,7,8)(H,9,10);;;1H2/q;;;+2;+1;/p-3/t3*3-;;;/m000.../s1. The van der Waals surface area contributed by atoms with Gasteiger partial charge in [-0.3, -0.25) is 14.4 Å². The fourth-order valence-electron chi connectivity index (χ4n) is 1.19. The van der Waals surface area contributed by atoms with E-state index in [-0.39, 0.29) is 133 Å². The third-order valence-corrected chi connectivity index (χ3v) is 2.92. The number of aliphatic carboxylic acids is 6. The second-order valence-electron chi connectivity index (χ2n) is 5.57. The van der Waals surface area contributed by atoms with Gasteiger partial charge in [-0.15, -0.1) is 0 Å². The normalized spacial score (nSPS) is 11.4. The zero-order chi connectivity index (χ0) is 24.4. The van der Waals surface area contributed by atoms with Crippen molar-refractivity contribution >= 4 is 73.6 Å². The quantitative estimate of drug-likeness (QED) is 0.126. The monoisotopic (exact) mass is 535 g/mol. The average molecular weight is 536 g/mol. The van der Waals surface area contributed by atoms with Crippen molar-refractivity contribution in [1.29, 1.82) is 0 Å². The van der Waals surface area contributed by atoms with Gasteiger partial charge < -0.3 is 67.7 Å². The molecule has 0 amide bonds. The van der Waals surface area contributed by atoms with Crippen LogP contribution in [0.5, 0.6) is 0 Å². The van der Waals surface area contributed by atoms with Crippen LogP contribution in [0, 0.1) is 0 Å². The van der Waals surface area contributed by atoms with E-state index in [1.165, 1.54) is 0 Å². The summed E-state index contributed by atoms with van der Waals surface area (Å²) in [5.41, 5.74) is 14.8. The van der Waals surface area contributed by atoms with Crippen LogP contribution in [0.2, 0.25) is 0 Å². The molecule has 0 aromatic carbocycles. The molecule has 0 saturated heterocycles. The molecular weight excluding hydrogens is 509 g/mol. The molecule has 0 radical (unpaired) electrons. The fourth-order valence-corrected chi connectivity index (χ4v) is 1.19. The van der Waals surface area contributed by atoms with Crippen LogP contribution in [-0.2, 0) is 28.8 Å². The number of carboxylic acid groups (broad SMARTS) is 6. The molecular formula is C15H26CaKN3O13. The second-order valence-corrected chi connectivity index (χ2v) is 5.57. The minimum absolute atomic E-state index is 0. The molecule has 0 unspecified atom stereocenters. The van der Waals surface area contributed by atoms with Gasteiger partial charge in [-0.05, 0) is 19.3 Å². The Morgan fingerprint density at radius 2 is 0.727 bits per heavy atom. The average Bonchev–Trinajstić information content (AvgIpc) is 2.62. The van der Waals surface area contributed by atoms with E-state index < -0.39 is 53.9 Å². The van der Waals surface area contributed by atoms with E-state index >= 15 is 0 Å². The van der Waals surface area contributed by atoms with E-state index in [4.69, 9.17) is 32.5 Å². The third-order valence-electron chi connectivity index (χ3n) is 2.92. The molecule has 0 aromatic heterocycles. The molecule has 0 fully saturated rings. The van der Waals surface area contributed by atoms with E-state index in [2.05, 4.69) is 0 Å². The van der Waals surface area contributed by atoms with Crippen LogP contribution >= 0.6 is 0 Å². The number of carbonyl (C=O) groups is 6. The van der Waals surface area contributed by atoms with Crippen molar-refractivity contribution in [3.63, 3.8) is 0 Å². The van der Waals surface area contributed by atoms with Gasteiger partial charge in [0, 0.05) is 37.4 Å². The summed E-state index contributed by atoms with van der Waals surface area (Å²) in [6.45, 7) is 0. The van der Waals surface area contributed by atoms with Crippen molar-refractivity contribution in [3.05, 3.63) is 0 Å². The van der Waals surface area contributed by atoms with Gasteiger partial charge in [0.1, 0.15) is 0 Å². The van der Waals surface area contributed by atoms with Crippen LogP contribution in [0.25, 0.3) is 0 Å². The first-order chi connectivity index (χ1) is 13.6. The topological polar surface area (TPSA) is 342 Å². The van der Waals surface area contributed by atoms with Crippen molar-refractivity contribution in [2.45, 2.75) is 56.7 Å². The predicted molar refractivity (Wildman–Crippen MR) is 98.9 cm³/mol. The van der Waals surface area contributed by atoms with Crippen molar-refractivity contribution < 1.29 is 116 Å². The first-order valence-corrected chi connectivity index (χ1v) is 8.16. The zero-order valence-electron chi connectivity index (χ0n) is 17.9. The van der Waals surface area contributed by atoms with Gasteiger partial charge in [0.2, 0.25) is 0 Å². The van der Waals surface area contributed by atoms with Crippen LogP contribution < -0.4 is 83.9 Å². The molecule has 33 heavy (non-hydrogen) atoms. The first kappa shape index (κ1) is 46.0. The smallest absolute Gasteiger partial charge is 0.548 e. The molecule has 0 aliphatic rings. The Bertz CT molecular complexity index is 529. The summed E-state index contributed by atoms with van der Waals surface area (Å²) in [7, 11) is 0. The summed E-state index contributed by atoms with van der Waals surface area (Å²) in [5, 5.41) is 53.9. The summed E-state index contributed by atoms with van der Waals surface area (Å²) in [5.74, 6) is -7.42. The molecule has 0 aliphatic heterocycles. The largest absolute Gasteiger partial charge is 2.00 e. The maximum absolute atomic E-state index is 9.88. The van der Waals surface area contributed by atoms with Crippen molar-refractivity contribution in [2.75, 3.05) is 0 Å². The van der Waals surface area contributed by atoms with Crippen molar-refractivity contribution in [1.82, 2.24) is 0 Å². The molecule has 16 nitrogen and oxygen atoms in total. The van der Waals surface area contributed by atoms with Crippen molar-refractivity contribution in [3.8, 4) is 0 Å². The van der Waals surface area contributed by atoms with E-state index in [0.717, 1.165) is 0 Å². The number of carboxylic acids is 6. The molecule has 0 bridgehead atoms. The number of nitrogens with two attached hydrogens (primary N) is 3. The second kappa shape index (κ2) is 27.8. The van der Waals surface area contributed by atoms with Crippen molar-refractivity contribution in [2.24, 2.45) is 17.2 Å². The Balaban J connectivity index is -0.0000000792. The fraction of sp³-hybridized carbons (Fsp3) is 0.600. The van der Waals surface area contributed by atoms with E-state index in [1.807, 2.05) is 0 Å². The summed E-state index contributed by atoms with van der Waals surface area (Å²) < 4.78 is 0. The van der Waals surface area contributed by atoms with Gasteiger partial charge in [0.15, 0.2) is 0 Å². The van der Waals surface area contributed by atoms with Gasteiger partial charge in [0.05, 0.1) is 17.9 Å². The third kappa shape index (κ3) is 39.1. The predicted octanol–water partition coefficient (Wildman–Crippen LogP) is -10.4. The number of carbonyl (C=O) groups excluding carboxylic acids is 3. The molecule has 0 aliphatic carbocycles. The molecule has 0 aromatic rings. The summed E-state index contributed by atoms with van der Waals surface area (Å²) >= 11 is 0. The first-order valence-electron chi connectivity index (χ1n) is 8.16. The Morgan fingerprint density at radius 3 is 0.818 bits per heavy atom. The van der Waals surface area contributed by atoms with Crippen LogP contribution in [0.1, 0.15) is 38.5 Å². The van der Waals surface area contributed by atoms with Crippen LogP contribution in [0.15, 0.2) is 0 Å². The summed E-state index contributed by atoms with van der Waals surface area (Å²) in [6.07, 6.45) is -0.980. The Morgan fingerprint density at radius 1 is 0.576 bits per heavy atom.